The Bertz CT molecular complexity index is 430. The smallest absolute Gasteiger partial charge is 0.224 e. The van der Waals surface area contributed by atoms with E-state index in [-0.39, 0.29) is 5.91 Å². The van der Waals surface area contributed by atoms with Crippen molar-refractivity contribution in [2.24, 2.45) is 5.92 Å². The Morgan fingerprint density at radius 2 is 2.06 bits per heavy atom. The molecule has 4 heteroatoms. The van der Waals surface area contributed by atoms with Crippen LogP contribution < -0.4 is 5.32 Å². The van der Waals surface area contributed by atoms with E-state index in [0.29, 0.717) is 12.3 Å². The number of hydrogen-bond acceptors (Lipinski definition) is 1. The Balaban J connectivity index is 1.90. The number of hydrogen-bond donors (Lipinski definition) is 1. The summed E-state index contributed by atoms with van der Waals surface area (Å²) >= 11 is 5.74. The largest absolute Gasteiger partial charge is 0.325 e. The molecule has 1 aliphatic rings. The molecule has 0 aromatic heterocycles. The highest BCUT2D eigenvalue weighted by atomic mass is 127. The summed E-state index contributed by atoms with van der Waals surface area (Å²) < 4.78 is 2.11. The third kappa shape index (κ3) is 4.23. The zero-order chi connectivity index (χ0) is 13.0. The average molecular weight is 422 g/mol. The molecular weight excluding hydrogens is 405 g/mol. The third-order valence-electron chi connectivity index (χ3n) is 3.40. The molecule has 0 spiro atoms. The van der Waals surface area contributed by atoms with E-state index < -0.39 is 0 Å². The van der Waals surface area contributed by atoms with Crippen LogP contribution in [0.3, 0.4) is 0 Å². The van der Waals surface area contributed by atoms with Crippen LogP contribution in [0, 0.1) is 9.49 Å². The van der Waals surface area contributed by atoms with Crippen LogP contribution in [0.2, 0.25) is 0 Å². The van der Waals surface area contributed by atoms with Crippen molar-refractivity contribution < 1.29 is 4.79 Å². The molecule has 1 N–H and O–H groups in total. The molecule has 0 aliphatic heterocycles. The van der Waals surface area contributed by atoms with Crippen molar-refractivity contribution in [1.82, 2.24) is 0 Å². The van der Waals surface area contributed by atoms with Crippen LogP contribution in [-0.2, 0) is 4.79 Å². The zero-order valence-corrected chi connectivity index (χ0v) is 14.0. The molecule has 1 fully saturated rings. The first kappa shape index (κ1) is 14.3. The highest BCUT2D eigenvalue weighted by Crippen LogP contribution is 2.28. The molecule has 0 bridgehead atoms. The van der Waals surface area contributed by atoms with Crippen LogP contribution in [0.4, 0.5) is 5.69 Å². The van der Waals surface area contributed by atoms with E-state index in [0.717, 1.165) is 13.7 Å². The van der Waals surface area contributed by atoms with Gasteiger partial charge in [-0.15, -0.1) is 0 Å². The predicted octanol–water partition coefficient (Wildman–Crippen LogP) is 4.96. The maximum absolute atomic E-state index is 12.0. The summed E-state index contributed by atoms with van der Waals surface area (Å²) in [6, 6.07) is 5.96. The summed E-state index contributed by atoms with van der Waals surface area (Å²) in [6.07, 6.45) is 6.98. The Kier molecular flexibility index (Phi) is 5.48. The Morgan fingerprint density at radius 3 is 2.72 bits per heavy atom. The highest BCUT2D eigenvalue weighted by Gasteiger charge is 2.17. The van der Waals surface area contributed by atoms with Crippen molar-refractivity contribution in [2.75, 3.05) is 5.32 Å². The lowest BCUT2D eigenvalue weighted by molar-refractivity contribution is -0.117. The first-order valence-electron chi connectivity index (χ1n) is 6.40. The van der Waals surface area contributed by atoms with Gasteiger partial charge >= 0.3 is 0 Å². The first-order chi connectivity index (χ1) is 8.65. The van der Waals surface area contributed by atoms with E-state index in [4.69, 9.17) is 0 Å². The molecule has 98 valence electrons. The van der Waals surface area contributed by atoms with Gasteiger partial charge in [-0.1, -0.05) is 19.3 Å². The molecule has 0 unspecified atom stereocenters. The zero-order valence-electron chi connectivity index (χ0n) is 10.2. The minimum atomic E-state index is 0.142. The van der Waals surface area contributed by atoms with E-state index in [9.17, 15) is 4.79 Å². The summed E-state index contributed by atoms with van der Waals surface area (Å²) in [7, 11) is 0. The lowest BCUT2D eigenvalue weighted by atomic mass is 9.87. The maximum Gasteiger partial charge on any atom is 0.224 e. The summed E-state index contributed by atoms with van der Waals surface area (Å²) in [5, 5.41) is 3.00. The van der Waals surface area contributed by atoms with Gasteiger partial charge in [-0.05, 0) is 75.5 Å². The molecule has 1 saturated carbocycles. The Hall–Kier alpha value is -0.100. The fourth-order valence-corrected chi connectivity index (χ4v) is 3.84. The molecule has 1 amide bonds. The Morgan fingerprint density at radius 1 is 1.33 bits per heavy atom. The van der Waals surface area contributed by atoms with Crippen LogP contribution in [-0.4, -0.2) is 5.91 Å². The van der Waals surface area contributed by atoms with Crippen molar-refractivity contribution in [3.63, 3.8) is 0 Å². The molecule has 18 heavy (non-hydrogen) atoms. The third-order valence-corrected chi connectivity index (χ3v) is 4.73. The maximum atomic E-state index is 12.0. The molecule has 0 heterocycles. The van der Waals surface area contributed by atoms with Crippen LogP contribution >= 0.6 is 38.5 Å². The van der Waals surface area contributed by atoms with Crippen molar-refractivity contribution >= 4 is 50.1 Å². The molecule has 0 saturated heterocycles. The van der Waals surface area contributed by atoms with Gasteiger partial charge in [-0.2, -0.15) is 0 Å². The van der Waals surface area contributed by atoms with Gasteiger partial charge in [-0.25, -0.2) is 0 Å². The van der Waals surface area contributed by atoms with Crippen LogP contribution in [0.25, 0.3) is 0 Å². The average Bonchev–Trinajstić information content (AvgIpc) is 2.34. The minimum Gasteiger partial charge on any atom is -0.325 e. The van der Waals surface area contributed by atoms with Crippen molar-refractivity contribution in [3.05, 3.63) is 26.2 Å². The number of anilines is 1. The first-order valence-corrected chi connectivity index (χ1v) is 8.27. The van der Waals surface area contributed by atoms with Crippen molar-refractivity contribution in [3.8, 4) is 0 Å². The summed E-state index contributed by atoms with van der Waals surface area (Å²) in [5.41, 5.74) is 0.872. The molecule has 0 atom stereocenters. The molecule has 2 rings (SSSR count). The summed E-state index contributed by atoms with van der Waals surface area (Å²) in [4.78, 5) is 12.0. The van der Waals surface area contributed by atoms with E-state index in [2.05, 4.69) is 43.8 Å². The monoisotopic (exact) mass is 421 g/mol. The second-order valence-corrected chi connectivity index (χ2v) is 6.98. The van der Waals surface area contributed by atoms with Gasteiger partial charge < -0.3 is 5.32 Å². The van der Waals surface area contributed by atoms with Gasteiger partial charge in [0.15, 0.2) is 0 Å². The number of rotatable bonds is 3. The minimum absolute atomic E-state index is 0.142. The molecular formula is C14H17BrINO. The fraction of sp³-hybridized carbons (Fsp3) is 0.500. The lowest BCUT2D eigenvalue weighted by Gasteiger charge is -2.21. The molecule has 2 nitrogen and oxygen atoms in total. The topological polar surface area (TPSA) is 29.1 Å². The van der Waals surface area contributed by atoms with Crippen molar-refractivity contribution in [1.29, 1.82) is 0 Å². The highest BCUT2D eigenvalue weighted by molar-refractivity contribution is 14.1. The van der Waals surface area contributed by atoms with E-state index in [1.165, 1.54) is 32.1 Å². The van der Waals surface area contributed by atoms with E-state index in [1.807, 2.05) is 18.2 Å². The number of carbonyl (C=O) groups excluding carboxylic acids is 1. The van der Waals surface area contributed by atoms with Crippen molar-refractivity contribution in [2.45, 2.75) is 38.5 Å². The van der Waals surface area contributed by atoms with Gasteiger partial charge in [0.25, 0.3) is 0 Å². The number of amides is 1. The second-order valence-electron chi connectivity index (χ2n) is 4.88. The number of carbonyl (C=O) groups is 1. The quantitative estimate of drug-likeness (QED) is 0.686. The number of benzene rings is 1. The molecule has 0 radical (unpaired) electrons. The van der Waals surface area contributed by atoms with Crippen LogP contribution in [0.15, 0.2) is 22.7 Å². The lowest BCUT2D eigenvalue weighted by Crippen LogP contribution is -2.18. The standard InChI is InChI=1S/C14H17BrINO/c15-12-9-11(16)6-7-13(12)17-14(18)8-10-4-2-1-3-5-10/h6-7,9-10H,1-5,8H2,(H,17,18). The predicted molar refractivity (Wildman–Crippen MR) is 86.7 cm³/mol. The number of halogens is 2. The molecule has 1 aliphatic carbocycles. The van der Waals surface area contributed by atoms with Gasteiger partial charge in [0.1, 0.15) is 0 Å². The Labute approximate surface area is 130 Å². The van der Waals surface area contributed by atoms with Gasteiger partial charge in [0.05, 0.1) is 5.69 Å². The van der Waals surface area contributed by atoms with Crippen LogP contribution in [0.1, 0.15) is 38.5 Å². The fourth-order valence-electron chi connectivity index (χ4n) is 2.45. The number of nitrogens with one attached hydrogen (secondary N) is 1. The van der Waals surface area contributed by atoms with E-state index >= 15 is 0 Å². The van der Waals surface area contributed by atoms with Crippen LogP contribution in [0.5, 0.6) is 0 Å². The SMILES string of the molecule is O=C(CC1CCCCC1)Nc1ccc(I)cc1Br. The molecule has 1 aromatic carbocycles. The van der Waals surface area contributed by atoms with E-state index in [1.54, 1.807) is 0 Å². The molecule has 1 aromatic rings. The van der Waals surface area contributed by atoms with Gasteiger partial charge in [0, 0.05) is 14.5 Å². The summed E-state index contributed by atoms with van der Waals surface area (Å²) in [5.74, 6) is 0.727. The normalized spacial score (nSPS) is 16.6. The van der Waals surface area contributed by atoms with Gasteiger partial charge in [0.2, 0.25) is 5.91 Å². The van der Waals surface area contributed by atoms with Gasteiger partial charge in [-0.3, -0.25) is 4.79 Å². The second kappa shape index (κ2) is 6.89. The summed E-state index contributed by atoms with van der Waals surface area (Å²) in [6.45, 7) is 0.